The van der Waals surface area contributed by atoms with Crippen molar-refractivity contribution in [1.82, 2.24) is 0 Å². The second-order valence-electron chi connectivity index (χ2n) is 7.92. The number of hydrogen-bond acceptors (Lipinski definition) is 3. The summed E-state index contributed by atoms with van der Waals surface area (Å²) in [5.41, 5.74) is 6.06. The van der Waals surface area contributed by atoms with Crippen LogP contribution < -0.4 is 14.2 Å². The molecule has 0 amide bonds. The van der Waals surface area contributed by atoms with Gasteiger partial charge in [0.25, 0.3) is 5.01 Å². The van der Waals surface area contributed by atoms with Gasteiger partial charge in [-0.2, -0.15) is 4.57 Å². The Labute approximate surface area is 193 Å². The Morgan fingerprint density at radius 2 is 1.75 bits per heavy atom. The van der Waals surface area contributed by atoms with Crippen molar-refractivity contribution in [1.29, 1.82) is 0 Å². The molecule has 1 aliphatic heterocycles. The van der Waals surface area contributed by atoms with E-state index in [1.54, 1.807) is 0 Å². The van der Waals surface area contributed by atoms with Gasteiger partial charge in [0.15, 0.2) is 5.75 Å². The highest BCUT2D eigenvalue weighted by molar-refractivity contribution is 7.18. The maximum atomic E-state index is 6.30. The van der Waals surface area contributed by atoms with Gasteiger partial charge in [0, 0.05) is 24.8 Å². The summed E-state index contributed by atoms with van der Waals surface area (Å²) in [4.78, 5) is 2.26. The first-order valence-corrected chi connectivity index (χ1v) is 11.9. The molecule has 3 nitrogen and oxygen atoms in total. The van der Waals surface area contributed by atoms with Crippen LogP contribution in [0.3, 0.4) is 0 Å². The molecule has 4 aromatic rings. The topological polar surface area (TPSA) is 16.4 Å². The molecule has 0 aliphatic carbocycles. The summed E-state index contributed by atoms with van der Waals surface area (Å²) in [5, 5.41) is 1.24. The van der Waals surface area contributed by atoms with E-state index in [0.717, 1.165) is 30.3 Å². The Balaban J connectivity index is 1.50. The Morgan fingerprint density at radius 1 is 0.969 bits per heavy atom. The van der Waals surface area contributed by atoms with Crippen molar-refractivity contribution in [3.63, 3.8) is 0 Å². The van der Waals surface area contributed by atoms with Crippen molar-refractivity contribution >= 4 is 33.3 Å². The number of aromatic nitrogens is 1. The van der Waals surface area contributed by atoms with Crippen LogP contribution >= 0.6 is 11.3 Å². The van der Waals surface area contributed by atoms with E-state index in [1.165, 1.54) is 31.9 Å². The summed E-state index contributed by atoms with van der Waals surface area (Å²) in [7, 11) is 2.14. The number of rotatable bonds is 5. The summed E-state index contributed by atoms with van der Waals surface area (Å²) in [5.74, 6) is 1.81. The first kappa shape index (κ1) is 20.5. The highest BCUT2D eigenvalue weighted by Gasteiger charge is 2.26. The van der Waals surface area contributed by atoms with Gasteiger partial charge >= 0.3 is 0 Å². The van der Waals surface area contributed by atoms with E-state index in [9.17, 15) is 0 Å². The van der Waals surface area contributed by atoms with E-state index in [2.05, 4.69) is 109 Å². The predicted molar refractivity (Wildman–Crippen MR) is 135 cm³/mol. The van der Waals surface area contributed by atoms with Crippen LogP contribution in [0.4, 0.5) is 5.69 Å². The lowest BCUT2D eigenvalue weighted by Gasteiger charge is -2.16. The van der Waals surface area contributed by atoms with E-state index in [1.807, 2.05) is 17.4 Å². The zero-order valence-electron chi connectivity index (χ0n) is 18.7. The number of hydrogen-bond donors (Lipinski definition) is 0. The number of fused-ring (bicyclic) bond motifs is 2. The average Bonchev–Trinajstić information content (AvgIpc) is 3.35. The Kier molecular flexibility index (Phi) is 5.54. The molecule has 1 aliphatic rings. The smallest absolute Gasteiger partial charge is 0.262 e. The third-order valence-electron chi connectivity index (χ3n) is 5.95. The van der Waals surface area contributed by atoms with Crippen LogP contribution in [0.1, 0.15) is 25.3 Å². The number of anilines is 1. The van der Waals surface area contributed by atoms with Crippen LogP contribution in [0.5, 0.6) is 5.75 Å². The molecule has 0 radical (unpaired) electrons. The molecule has 0 fully saturated rings. The summed E-state index contributed by atoms with van der Waals surface area (Å²) < 4.78 is 9.87. The standard InChI is InChI=1S/C28H27N2OS/c1-4-20(18-28-29(3)23-13-9-10-14-26(23)32-28)17-27-30(5-2)24-19-22(15-16-25(24)31-27)21-11-7-6-8-12-21/h6-19H,4-5H2,1-3H3/q+1. The fourth-order valence-corrected chi connectivity index (χ4v) is 5.28. The van der Waals surface area contributed by atoms with E-state index < -0.39 is 0 Å². The fraction of sp³-hybridized carbons (Fsp3) is 0.179. The van der Waals surface area contributed by atoms with Crippen LogP contribution in [0.25, 0.3) is 27.4 Å². The van der Waals surface area contributed by atoms with Gasteiger partial charge in [-0.15, -0.1) is 0 Å². The van der Waals surface area contributed by atoms with Crippen LogP contribution in [0.15, 0.2) is 90.3 Å². The SMILES string of the molecule is CCC(=Cc1sc2ccccc2[n+]1C)C=C1Oc2ccc(-c3ccccc3)cc2N1CC. The Hall–Kier alpha value is -3.37. The number of benzene rings is 3. The van der Waals surface area contributed by atoms with Gasteiger partial charge in [-0.1, -0.05) is 66.8 Å². The van der Waals surface area contributed by atoms with Crippen LogP contribution in [-0.4, -0.2) is 6.54 Å². The third-order valence-corrected chi connectivity index (χ3v) is 7.12. The largest absolute Gasteiger partial charge is 0.439 e. The number of para-hydroxylation sites is 1. The van der Waals surface area contributed by atoms with Crippen molar-refractivity contribution in [2.45, 2.75) is 20.3 Å². The zero-order valence-corrected chi connectivity index (χ0v) is 19.5. The summed E-state index contributed by atoms with van der Waals surface area (Å²) in [6, 6.07) is 25.5. The number of thiazole rings is 1. The maximum absolute atomic E-state index is 6.30. The maximum Gasteiger partial charge on any atom is 0.262 e. The molecule has 0 saturated carbocycles. The molecule has 0 unspecified atom stereocenters. The van der Waals surface area contributed by atoms with E-state index >= 15 is 0 Å². The lowest BCUT2D eigenvalue weighted by atomic mass is 10.0. The number of nitrogens with zero attached hydrogens (tertiary/aromatic N) is 2. The van der Waals surface area contributed by atoms with Crippen LogP contribution in [-0.2, 0) is 7.05 Å². The lowest BCUT2D eigenvalue weighted by Crippen LogP contribution is -2.28. The molecule has 4 heteroatoms. The van der Waals surface area contributed by atoms with Crippen molar-refractivity contribution in [3.05, 3.63) is 95.3 Å². The molecular weight excluding hydrogens is 412 g/mol. The zero-order chi connectivity index (χ0) is 22.1. The molecule has 0 spiro atoms. The molecule has 32 heavy (non-hydrogen) atoms. The van der Waals surface area contributed by atoms with Gasteiger partial charge in [-0.05, 0) is 48.2 Å². The van der Waals surface area contributed by atoms with Crippen molar-refractivity contribution in [2.75, 3.05) is 11.4 Å². The monoisotopic (exact) mass is 439 g/mol. The number of ether oxygens (including phenoxy) is 1. The van der Waals surface area contributed by atoms with Gasteiger partial charge in [-0.3, -0.25) is 0 Å². The average molecular weight is 440 g/mol. The predicted octanol–water partition coefficient (Wildman–Crippen LogP) is 6.95. The molecule has 2 heterocycles. The molecule has 3 aromatic carbocycles. The summed E-state index contributed by atoms with van der Waals surface area (Å²) in [6.07, 6.45) is 5.41. The first-order valence-electron chi connectivity index (χ1n) is 11.1. The van der Waals surface area contributed by atoms with Gasteiger partial charge in [0.2, 0.25) is 11.4 Å². The molecular formula is C28H27N2OS+. The van der Waals surface area contributed by atoms with Crippen molar-refractivity contribution in [3.8, 4) is 16.9 Å². The Morgan fingerprint density at radius 3 is 2.50 bits per heavy atom. The summed E-state index contributed by atoms with van der Waals surface area (Å²) >= 11 is 1.82. The van der Waals surface area contributed by atoms with Gasteiger partial charge in [0.05, 0.1) is 5.69 Å². The molecule has 0 atom stereocenters. The second-order valence-corrected chi connectivity index (χ2v) is 8.98. The molecule has 0 saturated heterocycles. The molecule has 0 N–H and O–H groups in total. The lowest BCUT2D eigenvalue weighted by molar-refractivity contribution is -0.642. The molecule has 0 bridgehead atoms. The quantitative estimate of drug-likeness (QED) is 0.313. The minimum Gasteiger partial charge on any atom is -0.439 e. The van der Waals surface area contributed by atoms with Crippen LogP contribution in [0.2, 0.25) is 0 Å². The first-order chi connectivity index (χ1) is 15.7. The van der Waals surface area contributed by atoms with Crippen LogP contribution in [0, 0.1) is 0 Å². The Bertz CT molecular complexity index is 1330. The number of aryl methyl sites for hydroxylation is 1. The molecule has 160 valence electrons. The minimum atomic E-state index is 0.852. The molecule has 1 aromatic heterocycles. The molecule has 5 rings (SSSR count). The highest BCUT2D eigenvalue weighted by atomic mass is 32.1. The summed E-state index contributed by atoms with van der Waals surface area (Å²) in [6.45, 7) is 5.22. The third kappa shape index (κ3) is 3.71. The van der Waals surface area contributed by atoms with Gasteiger partial charge in [0.1, 0.15) is 11.7 Å². The normalized spacial score (nSPS) is 14.8. The fourth-order valence-electron chi connectivity index (χ4n) is 4.15. The van der Waals surface area contributed by atoms with Gasteiger partial charge in [-0.25, -0.2) is 0 Å². The van der Waals surface area contributed by atoms with E-state index in [0.29, 0.717) is 0 Å². The second kappa shape index (κ2) is 8.64. The highest BCUT2D eigenvalue weighted by Crippen LogP contribution is 2.41. The van der Waals surface area contributed by atoms with Gasteiger partial charge < -0.3 is 9.64 Å². The minimum absolute atomic E-state index is 0.852. The number of allylic oxidation sites excluding steroid dienone is 2. The van der Waals surface area contributed by atoms with E-state index in [-0.39, 0.29) is 0 Å². The van der Waals surface area contributed by atoms with Crippen molar-refractivity contribution < 1.29 is 9.30 Å². The van der Waals surface area contributed by atoms with Crippen molar-refractivity contribution in [2.24, 2.45) is 7.05 Å². The van der Waals surface area contributed by atoms with E-state index in [4.69, 9.17) is 4.74 Å².